The number of methoxy groups -OCH3 is 1. The molecule has 0 fully saturated rings. The molecule has 0 unspecified atom stereocenters. The van der Waals surface area contributed by atoms with Crippen LogP contribution < -0.4 is 22.5 Å². The first kappa shape index (κ1) is 18.2. The maximum atomic E-state index is 12.1. The molecule has 0 aliphatic heterocycles. The number of ketones is 1. The molecule has 2 aromatic rings. The summed E-state index contributed by atoms with van der Waals surface area (Å²) in [5.74, 6) is 0.902. The molecular weight excluding hydrogens is 298 g/mol. The number of carbonyl (C=O) groups is 1. The van der Waals surface area contributed by atoms with Gasteiger partial charge in [-0.15, -0.1) is 0 Å². The van der Waals surface area contributed by atoms with Crippen LogP contribution in [0.25, 0.3) is 0 Å². The molecule has 22 heavy (non-hydrogen) atoms. The molecule has 0 bridgehead atoms. The van der Waals surface area contributed by atoms with Crippen LogP contribution >= 0.6 is 0 Å². The highest BCUT2D eigenvalue weighted by Crippen LogP contribution is 2.13. The Morgan fingerprint density at radius 2 is 1.82 bits per heavy atom. The number of benzene rings is 2. The van der Waals surface area contributed by atoms with Crippen LogP contribution in [0.2, 0.25) is 0 Å². The van der Waals surface area contributed by atoms with Crippen molar-refractivity contribution in [2.24, 2.45) is 0 Å². The third-order valence-corrected chi connectivity index (χ3v) is 3.45. The molecule has 2 aromatic carbocycles. The lowest BCUT2D eigenvalue weighted by atomic mass is 10.1. The lowest BCUT2D eigenvalue weighted by Crippen LogP contribution is -3.00. The normalized spacial score (nSPS) is 9.86. The van der Waals surface area contributed by atoms with E-state index in [0.29, 0.717) is 6.42 Å². The van der Waals surface area contributed by atoms with E-state index < -0.39 is 0 Å². The summed E-state index contributed by atoms with van der Waals surface area (Å²) in [5, 5.41) is 2.20. The molecule has 0 aliphatic carbocycles. The number of Topliss-reactive ketones (excluding diaryl/α,β-unsaturated/α-hetero) is 1. The van der Waals surface area contributed by atoms with E-state index in [0.717, 1.165) is 30.8 Å². The second-order valence-corrected chi connectivity index (χ2v) is 5.01. The number of carbonyl (C=O) groups excluding carboxylic acids is 1. The molecule has 0 radical (unpaired) electrons. The number of rotatable bonds is 8. The smallest absolute Gasteiger partial charge is 0.168 e. The van der Waals surface area contributed by atoms with Gasteiger partial charge in [-0.25, -0.2) is 0 Å². The highest BCUT2D eigenvalue weighted by atomic mass is 35.5. The van der Waals surface area contributed by atoms with Gasteiger partial charge < -0.3 is 22.5 Å². The van der Waals surface area contributed by atoms with E-state index in [1.165, 1.54) is 5.56 Å². The minimum Gasteiger partial charge on any atom is -1.00 e. The van der Waals surface area contributed by atoms with Gasteiger partial charge in [0.2, 0.25) is 0 Å². The van der Waals surface area contributed by atoms with Gasteiger partial charge in [0.1, 0.15) is 5.75 Å². The number of ether oxygens (including phenoxy) is 1. The molecule has 0 atom stereocenters. The number of quaternary nitrogens is 1. The van der Waals surface area contributed by atoms with Gasteiger partial charge in [0.25, 0.3) is 0 Å². The number of hydrogen-bond donors (Lipinski definition) is 1. The lowest BCUT2D eigenvalue weighted by Gasteiger charge is -2.04. The Morgan fingerprint density at radius 3 is 2.55 bits per heavy atom. The SMILES string of the molecule is COc1cccc(C(=O)CC[NH2+]CCc2ccccc2)c1.[Cl-]. The van der Waals surface area contributed by atoms with Crippen molar-refractivity contribution < 1.29 is 27.3 Å². The second-order valence-electron chi connectivity index (χ2n) is 5.01. The van der Waals surface area contributed by atoms with Crippen LogP contribution in [0, 0.1) is 0 Å². The highest BCUT2D eigenvalue weighted by Gasteiger charge is 2.07. The lowest BCUT2D eigenvalue weighted by molar-refractivity contribution is -0.653. The summed E-state index contributed by atoms with van der Waals surface area (Å²) in [6.07, 6.45) is 1.59. The molecule has 2 rings (SSSR count). The summed E-state index contributed by atoms with van der Waals surface area (Å²) in [6.45, 7) is 1.83. The summed E-state index contributed by atoms with van der Waals surface area (Å²) in [7, 11) is 1.61. The predicted octanol–water partition coefficient (Wildman–Crippen LogP) is -0.922. The quantitative estimate of drug-likeness (QED) is 0.505. The molecule has 0 heterocycles. The van der Waals surface area contributed by atoms with E-state index in [4.69, 9.17) is 4.74 Å². The molecule has 3 nitrogen and oxygen atoms in total. The Balaban J connectivity index is 0.00000242. The van der Waals surface area contributed by atoms with Gasteiger partial charge in [-0.2, -0.15) is 0 Å². The summed E-state index contributed by atoms with van der Waals surface area (Å²) < 4.78 is 5.14. The number of halogens is 1. The minimum atomic E-state index is 0. The van der Waals surface area contributed by atoms with Gasteiger partial charge in [0, 0.05) is 12.0 Å². The van der Waals surface area contributed by atoms with E-state index in [-0.39, 0.29) is 18.2 Å². The third-order valence-electron chi connectivity index (χ3n) is 3.45. The number of hydrogen-bond acceptors (Lipinski definition) is 2. The maximum Gasteiger partial charge on any atom is 0.168 e. The minimum absolute atomic E-state index is 0. The van der Waals surface area contributed by atoms with Crippen LogP contribution in [0.4, 0.5) is 0 Å². The zero-order valence-corrected chi connectivity index (χ0v) is 13.6. The van der Waals surface area contributed by atoms with E-state index >= 15 is 0 Å². The standard InChI is InChI=1S/C18H21NO2.ClH/c1-21-17-9-5-8-16(14-17)18(20)11-13-19-12-10-15-6-3-2-4-7-15;/h2-9,14,19H,10-13H2,1H3;1H. The summed E-state index contributed by atoms with van der Waals surface area (Å²) in [4.78, 5) is 12.1. The molecule has 2 N–H and O–H groups in total. The Labute approximate surface area is 138 Å². The van der Waals surface area contributed by atoms with Crippen LogP contribution in [-0.2, 0) is 6.42 Å². The van der Waals surface area contributed by atoms with Gasteiger partial charge in [-0.05, 0) is 17.7 Å². The fourth-order valence-electron chi connectivity index (χ4n) is 2.23. The van der Waals surface area contributed by atoms with Gasteiger partial charge in [-0.1, -0.05) is 42.5 Å². The molecule has 4 heteroatoms. The van der Waals surface area contributed by atoms with Gasteiger partial charge in [0.05, 0.1) is 26.6 Å². The summed E-state index contributed by atoms with van der Waals surface area (Å²) in [6, 6.07) is 17.8. The first-order valence-electron chi connectivity index (χ1n) is 7.32. The number of nitrogens with two attached hydrogens (primary N) is 1. The van der Waals surface area contributed by atoms with E-state index in [9.17, 15) is 4.79 Å². The van der Waals surface area contributed by atoms with Gasteiger partial charge in [-0.3, -0.25) is 4.79 Å². The van der Waals surface area contributed by atoms with Crippen LogP contribution in [0.1, 0.15) is 22.3 Å². The average Bonchev–Trinajstić information content (AvgIpc) is 2.55. The van der Waals surface area contributed by atoms with Crippen molar-refractivity contribution in [3.8, 4) is 5.75 Å². The summed E-state index contributed by atoms with van der Waals surface area (Å²) >= 11 is 0. The molecule has 0 aromatic heterocycles. The third kappa shape index (κ3) is 5.88. The van der Waals surface area contributed by atoms with E-state index in [1.54, 1.807) is 13.2 Å². The van der Waals surface area contributed by atoms with Crippen molar-refractivity contribution in [2.45, 2.75) is 12.8 Å². The fourth-order valence-corrected chi connectivity index (χ4v) is 2.23. The fraction of sp³-hybridized carbons (Fsp3) is 0.278. The Hall–Kier alpha value is -1.84. The van der Waals surface area contributed by atoms with Crippen molar-refractivity contribution in [2.75, 3.05) is 20.2 Å². The molecule has 118 valence electrons. The van der Waals surface area contributed by atoms with E-state index in [2.05, 4.69) is 29.6 Å². The largest absolute Gasteiger partial charge is 1.00 e. The zero-order valence-electron chi connectivity index (χ0n) is 12.8. The van der Waals surface area contributed by atoms with Crippen LogP contribution in [0.3, 0.4) is 0 Å². The average molecular weight is 320 g/mol. The zero-order chi connectivity index (χ0) is 14.9. The maximum absolute atomic E-state index is 12.1. The van der Waals surface area contributed by atoms with Crippen molar-refractivity contribution in [3.05, 3.63) is 65.7 Å². The van der Waals surface area contributed by atoms with Crippen molar-refractivity contribution in [1.29, 1.82) is 0 Å². The van der Waals surface area contributed by atoms with Crippen molar-refractivity contribution in [1.82, 2.24) is 0 Å². The molecule has 0 aliphatic rings. The molecule has 0 saturated carbocycles. The summed E-state index contributed by atoms with van der Waals surface area (Å²) in [5.41, 5.74) is 2.07. The van der Waals surface area contributed by atoms with Crippen LogP contribution in [0.15, 0.2) is 54.6 Å². The molecular formula is C18H22ClNO2. The predicted molar refractivity (Wildman–Crippen MR) is 83.7 cm³/mol. The second kappa shape index (κ2) is 9.98. The van der Waals surface area contributed by atoms with Crippen molar-refractivity contribution in [3.63, 3.8) is 0 Å². The van der Waals surface area contributed by atoms with E-state index in [1.807, 2.05) is 24.3 Å². The van der Waals surface area contributed by atoms with Crippen LogP contribution in [0.5, 0.6) is 5.75 Å². The Kier molecular flexibility index (Phi) is 8.26. The monoisotopic (exact) mass is 319 g/mol. The Morgan fingerprint density at radius 1 is 1.05 bits per heavy atom. The topological polar surface area (TPSA) is 42.9 Å². The van der Waals surface area contributed by atoms with Gasteiger partial charge in [0.15, 0.2) is 5.78 Å². The first-order valence-corrected chi connectivity index (χ1v) is 7.32. The molecule has 0 amide bonds. The Bertz CT molecular complexity index is 572. The van der Waals surface area contributed by atoms with Gasteiger partial charge >= 0.3 is 0 Å². The van der Waals surface area contributed by atoms with Crippen molar-refractivity contribution >= 4 is 5.78 Å². The highest BCUT2D eigenvalue weighted by molar-refractivity contribution is 5.96. The first-order chi connectivity index (χ1) is 10.3. The molecule has 0 spiro atoms. The molecule has 0 saturated heterocycles. The van der Waals surface area contributed by atoms with Crippen LogP contribution in [-0.4, -0.2) is 26.0 Å².